The van der Waals surface area contributed by atoms with Gasteiger partial charge in [0.05, 0.1) is 28.5 Å². The van der Waals surface area contributed by atoms with Crippen LogP contribution in [-0.4, -0.2) is 42.2 Å². The number of nitrogens with zero attached hydrogens (tertiary/aromatic N) is 3. The summed E-state index contributed by atoms with van der Waals surface area (Å²) in [6.45, 7) is 3.53. The van der Waals surface area contributed by atoms with Crippen LogP contribution in [0.3, 0.4) is 0 Å². The highest BCUT2D eigenvalue weighted by Crippen LogP contribution is 2.34. The van der Waals surface area contributed by atoms with Crippen LogP contribution in [0.25, 0.3) is 11.0 Å². The third-order valence-corrected chi connectivity index (χ3v) is 5.77. The van der Waals surface area contributed by atoms with E-state index in [9.17, 15) is 18.0 Å². The Morgan fingerprint density at radius 2 is 1.65 bits per heavy atom. The minimum Gasteiger partial charge on any atom is -0.457 e. The molecule has 0 bridgehead atoms. The smallest absolute Gasteiger partial charge is 0.418 e. The predicted octanol–water partition coefficient (Wildman–Crippen LogP) is 5.49. The molecule has 1 aliphatic rings. The summed E-state index contributed by atoms with van der Waals surface area (Å²) in [4.78, 5) is 23.7. The van der Waals surface area contributed by atoms with Gasteiger partial charge in [0.15, 0.2) is 0 Å². The van der Waals surface area contributed by atoms with Gasteiger partial charge in [0.25, 0.3) is 0 Å². The lowest BCUT2D eigenvalue weighted by Gasteiger charge is -2.28. The Morgan fingerprint density at radius 3 is 2.41 bits per heavy atom. The summed E-state index contributed by atoms with van der Waals surface area (Å²) < 4.78 is 45.4. The van der Waals surface area contributed by atoms with Crippen LogP contribution in [0.5, 0.6) is 11.5 Å². The van der Waals surface area contributed by atoms with Gasteiger partial charge in [0.2, 0.25) is 0 Å². The molecule has 3 aromatic carbocycles. The summed E-state index contributed by atoms with van der Waals surface area (Å²) in [6.07, 6.45) is -2.80. The van der Waals surface area contributed by atoms with E-state index in [0.717, 1.165) is 43.6 Å². The van der Waals surface area contributed by atoms with Crippen LogP contribution in [0.4, 0.5) is 35.2 Å². The van der Waals surface area contributed by atoms with Gasteiger partial charge in [-0.25, -0.2) is 9.78 Å². The van der Waals surface area contributed by atoms with Crippen molar-refractivity contribution < 1.29 is 22.7 Å². The number of benzene rings is 3. The molecule has 0 aliphatic carbocycles. The van der Waals surface area contributed by atoms with Crippen LogP contribution in [0.2, 0.25) is 0 Å². The molecule has 3 N–H and O–H groups in total. The topological polar surface area (TPSA) is 91.4 Å². The van der Waals surface area contributed by atoms with Crippen LogP contribution in [0.1, 0.15) is 5.56 Å². The highest BCUT2D eigenvalue weighted by atomic mass is 19.4. The second-order valence-electron chi connectivity index (χ2n) is 8.36. The van der Waals surface area contributed by atoms with Crippen LogP contribution < -0.4 is 25.6 Å². The zero-order valence-electron chi connectivity index (χ0n) is 19.5. The van der Waals surface area contributed by atoms with Crippen molar-refractivity contribution in [1.29, 1.82) is 0 Å². The largest absolute Gasteiger partial charge is 0.457 e. The highest BCUT2D eigenvalue weighted by molar-refractivity contribution is 6.00. The zero-order chi connectivity index (χ0) is 25.8. The Labute approximate surface area is 210 Å². The van der Waals surface area contributed by atoms with Crippen molar-refractivity contribution in [2.24, 2.45) is 0 Å². The van der Waals surface area contributed by atoms with E-state index in [0.29, 0.717) is 22.7 Å². The van der Waals surface area contributed by atoms with Gasteiger partial charge in [-0.3, -0.25) is 4.98 Å². The van der Waals surface area contributed by atoms with Crippen molar-refractivity contribution in [1.82, 2.24) is 15.3 Å². The molecular formula is C26H23F3N6O2. The zero-order valence-corrected chi connectivity index (χ0v) is 19.5. The second kappa shape index (κ2) is 10.3. The normalized spacial score (nSPS) is 13.9. The molecule has 0 spiro atoms. The van der Waals surface area contributed by atoms with Crippen molar-refractivity contribution in [3.63, 3.8) is 0 Å². The molecule has 5 rings (SSSR count). The van der Waals surface area contributed by atoms with E-state index in [1.165, 1.54) is 18.2 Å². The van der Waals surface area contributed by atoms with E-state index in [4.69, 9.17) is 9.72 Å². The first-order chi connectivity index (χ1) is 17.8. The molecule has 2 amide bonds. The molecule has 11 heteroatoms. The lowest BCUT2D eigenvalue weighted by molar-refractivity contribution is -0.136. The molecular weight excluding hydrogens is 485 g/mol. The molecule has 0 unspecified atom stereocenters. The number of ether oxygens (including phenoxy) is 1. The summed E-state index contributed by atoms with van der Waals surface area (Å²) in [5, 5.41) is 8.08. The molecule has 0 saturated carbocycles. The van der Waals surface area contributed by atoms with Gasteiger partial charge < -0.3 is 25.6 Å². The summed E-state index contributed by atoms with van der Waals surface area (Å²) in [7, 11) is 0. The Bertz CT molecular complexity index is 1410. The molecule has 1 aromatic heterocycles. The fraction of sp³-hybridized carbons (Fsp3) is 0.192. The van der Waals surface area contributed by atoms with E-state index in [-0.39, 0.29) is 5.69 Å². The van der Waals surface area contributed by atoms with E-state index in [1.54, 1.807) is 36.5 Å². The minimum absolute atomic E-state index is 0.327. The number of amides is 2. The highest BCUT2D eigenvalue weighted by Gasteiger charge is 2.33. The number of nitrogens with one attached hydrogen (secondary N) is 3. The number of carbonyl (C=O) groups is 1. The van der Waals surface area contributed by atoms with Crippen molar-refractivity contribution in [2.75, 3.05) is 41.7 Å². The number of para-hydroxylation sites is 1. The molecule has 37 heavy (non-hydrogen) atoms. The maximum Gasteiger partial charge on any atom is 0.418 e. The van der Waals surface area contributed by atoms with Crippen LogP contribution >= 0.6 is 0 Å². The predicted molar refractivity (Wildman–Crippen MR) is 135 cm³/mol. The number of anilines is 3. The van der Waals surface area contributed by atoms with Crippen molar-refractivity contribution in [2.45, 2.75) is 6.18 Å². The van der Waals surface area contributed by atoms with Gasteiger partial charge in [-0.2, -0.15) is 13.2 Å². The number of aromatic nitrogens is 2. The van der Waals surface area contributed by atoms with Crippen LogP contribution in [0.15, 0.2) is 72.9 Å². The first kappa shape index (κ1) is 24.3. The Hall–Kier alpha value is -4.38. The molecule has 1 fully saturated rings. The van der Waals surface area contributed by atoms with Gasteiger partial charge >= 0.3 is 12.2 Å². The van der Waals surface area contributed by atoms with Gasteiger partial charge in [-0.15, -0.1) is 0 Å². The number of hydrogen-bond acceptors (Lipinski definition) is 6. The molecule has 1 aliphatic heterocycles. The summed E-state index contributed by atoms with van der Waals surface area (Å²) >= 11 is 0. The fourth-order valence-electron chi connectivity index (χ4n) is 3.96. The molecule has 0 radical (unpaired) electrons. The molecule has 190 valence electrons. The summed E-state index contributed by atoms with van der Waals surface area (Å²) in [6, 6.07) is 15.9. The minimum atomic E-state index is -4.58. The summed E-state index contributed by atoms with van der Waals surface area (Å²) in [5.74, 6) is 1.90. The Kier molecular flexibility index (Phi) is 6.78. The number of carbonyl (C=O) groups excluding carboxylic acids is 1. The standard InChI is InChI=1S/C26H23F3N6O2/c27-26(28,29)20-3-1-2-4-21(20)34-25(36)32-17-5-7-18(8-6-17)37-19-9-10-22-23(15-19)33-24(16-31-22)35-13-11-30-12-14-35/h1-10,15-16,30H,11-14H2,(H2,32,34,36). The maximum absolute atomic E-state index is 13.1. The van der Waals surface area contributed by atoms with Crippen LogP contribution in [0, 0.1) is 0 Å². The number of alkyl halides is 3. The van der Waals surface area contributed by atoms with Gasteiger partial charge in [0, 0.05) is 37.9 Å². The fourth-order valence-corrected chi connectivity index (χ4v) is 3.96. The number of halogens is 3. The number of urea groups is 1. The van der Waals surface area contributed by atoms with Gasteiger partial charge in [-0.05, 0) is 48.5 Å². The maximum atomic E-state index is 13.1. The van der Waals surface area contributed by atoms with E-state index in [1.807, 2.05) is 12.1 Å². The second-order valence-corrected chi connectivity index (χ2v) is 8.36. The van der Waals surface area contributed by atoms with Crippen molar-refractivity contribution in [3.05, 3.63) is 78.5 Å². The quantitative estimate of drug-likeness (QED) is 0.330. The molecule has 4 aromatic rings. The first-order valence-electron chi connectivity index (χ1n) is 11.6. The average Bonchev–Trinajstić information content (AvgIpc) is 2.89. The third-order valence-electron chi connectivity index (χ3n) is 5.77. The van der Waals surface area contributed by atoms with Crippen molar-refractivity contribution in [3.8, 4) is 11.5 Å². The van der Waals surface area contributed by atoms with Gasteiger partial charge in [-0.1, -0.05) is 12.1 Å². The van der Waals surface area contributed by atoms with Crippen LogP contribution in [-0.2, 0) is 6.18 Å². The number of hydrogen-bond donors (Lipinski definition) is 3. The van der Waals surface area contributed by atoms with Crippen molar-refractivity contribution >= 4 is 34.3 Å². The molecule has 8 nitrogen and oxygen atoms in total. The Balaban J connectivity index is 1.24. The molecule has 0 atom stereocenters. The molecule has 1 saturated heterocycles. The lowest BCUT2D eigenvalue weighted by Crippen LogP contribution is -2.43. The average molecular weight is 509 g/mol. The third kappa shape index (κ3) is 5.89. The number of fused-ring (bicyclic) bond motifs is 1. The Morgan fingerprint density at radius 1 is 0.919 bits per heavy atom. The van der Waals surface area contributed by atoms with E-state index in [2.05, 4.69) is 25.8 Å². The van der Waals surface area contributed by atoms with Gasteiger partial charge in [0.1, 0.15) is 17.3 Å². The number of rotatable bonds is 5. The lowest BCUT2D eigenvalue weighted by atomic mass is 10.1. The van der Waals surface area contributed by atoms with E-state index >= 15 is 0 Å². The van der Waals surface area contributed by atoms with E-state index < -0.39 is 17.8 Å². The summed E-state index contributed by atoms with van der Waals surface area (Å²) in [5.41, 5.74) is 0.604. The molecule has 2 heterocycles. The SMILES string of the molecule is O=C(Nc1ccc(Oc2ccc3ncc(N4CCNCC4)nc3c2)cc1)Nc1ccccc1C(F)(F)F. The number of piperazine rings is 1. The first-order valence-corrected chi connectivity index (χ1v) is 11.6. The monoisotopic (exact) mass is 508 g/mol.